The van der Waals surface area contributed by atoms with Gasteiger partial charge in [0.1, 0.15) is 0 Å². The third-order valence-corrected chi connectivity index (χ3v) is 8.01. The van der Waals surface area contributed by atoms with Crippen molar-refractivity contribution in [2.75, 3.05) is 10.6 Å². The van der Waals surface area contributed by atoms with Crippen LogP contribution in [0, 0.1) is 0 Å². The molecule has 236 valence electrons. The summed E-state index contributed by atoms with van der Waals surface area (Å²) in [6, 6.07) is 40.6. The highest BCUT2D eigenvalue weighted by Crippen LogP contribution is 2.17. The molecule has 0 aliphatic rings. The smallest absolute Gasteiger partial charge is 0.255 e. The van der Waals surface area contributed by atoms with Crippen molar-refractivity contribution in [3.05, 3.63) is 167 Å². The van der Waals surface area contributed by atoms with Crippen molar-refractivity contribution in [1.82, 2.24) is 0 Å². The van der Waals surface area contributed by atoms with Gasteiger partial charge in [-0.3, -0.25) is 19.2 Å². The van der Waals surface area contributed by atoms with Gasteiger partial charge in [-0.1, -0.05) is 84.9 Å². The third kappa shape index (κ3) is 9.93. The summed E-state index contributed by atoms with van der Waals surface area (Å²) in [5.41, 5.74) is 6.11. The first kappa shape index (κ1) is 32.8. The van der Waals surface area contributed by atoms with E-state index < -0.39 is 0 Å². The van der Waals surface area contributed by atoms with E-state index in [-0.39, 0.29) is 23.4 Å². The molecule has 0 aliphatic carbocycles. The Bertz CT molecular complexity index is 1780. The molecule has 0 aromatic heterocycles. The number of nitrogens with one attached hydrogen (secondary N) is 2. The number of hydrogen-bond donors (Lipinski definition) is 2. The number of unbranched alkanes of at least 4 members (excludes halogenated alkanes) is 1. The zero-order chi connectivity index (χ0) is 32.8. The van der Waals surface area contributed by atoms with Gasteiger partial charge in [0, 0.05) is 46.5 Å². The van der Waals surface area contributed by atoms with Crippen molar-refractivity contribution in [1.29, 1.82) is 0 Å². The minimum atomic E-state index is -0.240. The Balaban J connectivity index is 1.000. The summed E-state index contributed by atoms with van der Waals surface area (Å²) < 4.78 is 0. The molecule has 2 amide bonds. The van der Waals surface area contributed by atoms with E-state index in [2.05, 4.69) is 10.6 Å². The Morgan fingerprint density at radius 1 is 0.383 bits per heavy atom. The molecule has 0 bridgehead atoms. The summed E-state index contributed by atoms with van der Waals surface area (Å²) in [6.45, 7) is 0. The molecule has 0 aliphatic heterocycles. The fraction of sp³-hybridized carbons (Fsp3) is 0.171. The van der Waals surface area contributed by atoms with Crippen LogP contribution in [-0.2, 0) is 12.8 Å². The second kappa shape index (κ2) is 16.6. The molecule has 6 heteroatoms. The quantitative estimate of drug-likeness (QED) is 0.0900. The zero-order valence-corrected chi connectivity index (χ0v) is 26.3. The number of carbonyl (C=O) groups excluding carboxylic acids is 4. The number of Topliss-reactive ketones (excluding diaryl/α,β-unsaturated/α-hetero) is 2. The van der Waals surface area contributed by atoms with E-state index >= 15 is 0 Å². The highest BCUT2D eigenvalue weighted by Gasteiger charge is 2.11. The van der Waals surface area contributed by atoms with Crippen molar-refractivity contribution < 1.29 is 19.2 Å². The number of rotatable bonds is 15. The second-order valence-corrected chi connectivity index (χ2v) is 11.5. The summed E-state index contributed by atoms with van der Waals surface area (Å²) >= 11 is 0. The van der Waals surface area contributed by atoms with E-state index in [4.69, 9.17) is 0 Å². The molecule has 2 N–H and O–H groups in total. The number of hydrogen-bond acceptors (Lipinski definition) is 4. The lowest BCUT2D eigenvalue weighted by Gasteiger charge is -2.08. The summed E-state index contributed by atoms with van der Waals surface area (Å²) in [5.74, 6) is -0.181. The maximum absolute atomic E-state index is 12.8. The van der Waals surface area contributed by atoms with Gasteiger partial charge in [0.05, 0.1) is 0 Å². The van der Waals surface area contributed by atoms with Crippen LogP contribution in [0.15, 0.2) is 133 Å². The number of anilines is 2. The molecule has 5 aromatic carbocycles. The molecule has 5 rings (SSSR count). The highest BCUT2D eigenvalue weighted by atomic mass is 16.2. The predicted molar refractivity (Wildman–Crippen MR) is 187 cm³/mol. The van der Waals surface area contributed by atoms with Gasteiger partial charge in [-0.15, -0.1) is 0 Å². The molecule has 5 aromatic rings. The maximum Gasteiger partial charge on any atom is 0.255 e. The molecular formula is C41H38N2O4. The first-order chi connectivity index (χ1) is 22.9. The molecule has 0 heterocycles. The van der Waals surface area contributed by atoms with Gasteiger partial charge in [0.15, 0.2) is 11.6 Å². The lowest BCUT2D eigenvalue weighted by Crippen LogP contribution is -2.12. The van der Waals surface area contributed by atoms with Crippen molar-refractivity contribution in [3.8, 4) is 0 Å². The van der Waals surface area contributed by atoms with Crippen molar-refractivity contribution in [3.63, 3.8) is 0 Å². The zero-order valence-electron chi connectivity index (χ0n) is 26.3. The van der Waals surface area contributed by atoms with E-state index in [1.807, 2.05) is 97.1 Å². The molecule has 0 radical (unpaired) electrons. The summed E-state index contributed by atoms with van der Waals surface area (Å²) in [5, 5.41) is 5.81. The molecule has 0 saturated heterocycles. The highest BCUT2D eigenvalue weighted by molar-refractivity contribution is 6.05. The molecule has 6 nitrogen and oxygen atoms in total. The summed E-state index contributed by atoms with van der Waals surface area (Å²) in [6.07, 6.45) is 4.94. The fourth-order valence-electron chi connectivity index (χ4n) is 5.29. The van der Waals surface area contributed by atoms with Gasteiger partial charge < -0.3 is 10.6 Å². The van der Waals surface area contributed by atoms with E-state index in [0.717, 1.165) is 54.5 Å². The number of amides is 2. The predicted octanol–water partition coefficient (Wildman–Crippen LogP) is 8.99. The Labute approximate surface area is 275 Å². The maximum atomic E-state index is 12.8. The van der Waals surface area contributed by atoms with Crippen LogP contribution in [0.2, 0.25) is 0 Å². The minimum Gasteiger partial charge on any atom is -0.322 e. The lowest BCUT2D eigenvalue weighted by atomic mass is 10.0. The lowest BCUT2D eigenvalue weighted by molar-refractivity contribution is 0.0971. The molecule has 0 spiro atoms. The number of benzene rings is 5. The molecule has 0 unspecified atom stereocenters. The van der Waals surface area contributed by atoms with Gasteiger partial charge in [-0.2, -0.15) is 0 Å². The van der Waals surface area contributed by atoms with Crippen LogP contribution >= 0.6 is 0 Å². The van der Waals surface area contributed by atoms with Gasteiger partial charge in [0.25, 0.3) is 11.8 Å². The molecule has 47 heavy (non-hydrogen) atoms. The second-order valence-electron chi connectivity index (χ2n) is 11.5. The van der Waals surface area contributed by atoms with E-state index in [1.54, 1.807) is 36.4 Å². The third-order valence-electron chi connectivity index (χ3n) is 8.01. The van der Waals surface area contributed by atoms with Crippen molar-refractivity contribution in [2.45, 2.75) is 44.9 Å². The average molecular weight is 623 g/mol. The van der Waals surface area contributed by atoms with Crippen LogP contribution in [0.3, 0.4) is 0 Å². The van der Waals surface area contributed by atoms with Crippen LogP contribution < -0.4 is 10.6 Å². The fourth-order valence-corrected chi connectivity index (χ4v) is 5.29. The van der Waals surface area contributed by atoms with E-state index in [0.29, 0.717) is 35.2 Å². The van der Waals surface area contributed by atoms with Gasteiger partial charge >= 0.3 is 0 Å². The van der Waals surface area contributed by atoms with Crippen LogP contribution in [0.1, 0.15) is 84.7 Å². The SMILES string of the molecule is O=C(CCCCc1ccc(NC(=O)c2ccccc2)cc1)c1ccc(C(=O)Nc2ccc(CCCC(=O)c3ccccc3)cc2)cc1. The number of carbonyl (C=O) groups is 4. The Morgan fingerprint density at radius 2 is 0.766 bits per heavy atom. The van der Waals surface area contributed by atoms with Gasteiger partial charge in [-0.05, 0) is 91.8 Å². The monoisotopic (exact) mass is 622 g/mol. The first-order valence-electron chi connectivity index (χ1n) is 16.0. The van der Waals surface area contributed by atoms with Gasteiger partial charge in [-0.25, -0.2) is 0 Å². The van der Waals surface area contributed by atoms with Crippen LogP contribution in [0.25, 0.3) is 0 Å². The molecule has 0 fully saturated rings. The number of ketones is 2. The summed E-state index contributed by atoms with van der Waals surface area (Å²) in [7, 11) is 0. The Morgan fingerprint density at radius 3 is 1.28 bits per heavy atom. The standard InChI is InChI=1S/C41H38N2O4/c44-38(16-8-7-10-30-18-26-36(27-19-30)42-40(46)34-14-5-2-6-15-34)33-22-24-35(25-23-33)41(47)43-37-28-20-31(21-29-37)11-9-17-39(45)32-12-3-1-4-13-32/h1-6,12-15,18-29H,7-11,16-17H2,(H,42,46)(H,43,47). The number of aryl methyl sites for hydroxylation is 2. The van der Waals surface area contributed by atoms with Crippen LogP contribution in [0.4, 0.5) is 11.4 Å². The topological polar surface area (TPSA) is 92.3 Å². The van der Waals surface area contributed by atoms with Gasteiger partial charge in [0.2, 0.25) is 0 Å². The first-order valence-corrected chi connectivity index (χ1v) is 16.0. The molecule has 0 saturated carbocycles. The van der Waals surface area contributed by atoms with E-state index in [1.165, 1.54) is 0 Å². The molecule has 0 atom stereocenters. The van der Waals surface area contributed by atoms with Crippen LogP contribution in [-0.4, -0.2) is 23.4 Å². The van der Waals surface area contributed by atoms with Crippen molar-refractivity contribution in [2.24, 2.45) is 0 Å². The average Bonchev–Trinajstić information content (AvgIpc) is 3.12. The minimum absolute atomic E-state index is 0.0528. The summed E-state index contributed by atoms with van der Waals surface area (Å²) in [4.78, 5) is 50.2. The normalized spacial score (nSPS) is 10.6. The molecular weight excluding hydrogens is 584 g/mol. The van der Waals surface area contributed by atoms with E-state index in [9.17, 15) is 19.2 Å². The van der Waals surface area contributed by atoms with Crippen LogP contribution in [0.5, 0.6) is 0 Å². The largest absolute Gasteiger partial charge is 0.322 e. The Kier molecular flexibility index (Phi) is 11.6. The van der Waals surface area contributed by atoms with Crippen molar-refractivity contribution >= 4 is 34.8 Å². The Hall–Kier alpha value is -5.62.